The molecule has 0 aliphatic heterocycles. The fourth-order valence-corrected chi connectivity index (χ4v) is 2.35. The highest BCUT2D eigenvalue weighted by Crippen LogP contribution is 2.13. The third-order valence-corrected chi connectivity index (χ3v) is 3.17. The summed E-state index contributed by atoms with van der Waals surface area (Å²) in [5, 5.41) is 0.495. The Morgan fingerprint density at radius 3 is 2.68 bits per heavy atom. The smallest absolute Gasteiger partial charge is 0.337 e. The fourth-order valence-electron chi connectivity index (χ4n) is 1.95. The number of nitrogens with one attached hydrogen (secondary N) is 1. The van der Waals surface area contributed by atoms with Crippen molar-refractivity contribution in [3.8, 4) is 0 Å². The van der Waals surface area contributed by atoms with Crippen molar-refractivity contribution in [3.05, 3.63) is 38.9 Å². The molecule has 6 heteroatoms. The summed E-state index contributed by atoms with van der Waals surface area (Å²) in [6, 6.07) is 4.72. The molecule has 2 rings (SSSR count). The van der Waals surface area contributed by atoms with Gasteiger partial charge >= 0.3 is 5.97 Å². The predicted octanol–water partition coefficient (Wildman–Crippen LogP) is 2.43. The van der Waals surface area contributed by atoms with E-state index in [1.165, 1.54) is 11.7 Å². The zero-order chi connectivity index (χ0) is 14.2. The average molecular weight is 278 g/mol. The summed E-state index contributed by atoms with van der Waals surface area (Å²) in [6.07, 6.45) is 0. The Labute approximate surface area is 114 Å². The van der Waals surface area contributed by atoms with Gasteiger partial charge in [0.25, 0.3) is 5.56 Å². The highest BCUT2D eigenvalue weighted by atomic mass is 32.1. The van der Waals surface area contributed by atoms with E-state index in [9.17, 15) is 9.59 Å². The van der Waals surface area contributed by atoms with Crippen LogP contribution in [0.15, 0.2) is 23.0 Å². The van der Waals surface area contributed by atoms with Crippen molar-refractivity contribution in [1.29, 1.82) is 0 Å². The van der Waals surface area contributed by atoms with E-state index in [0.717, 1.165) is 0 Å². The number of aromatic amines is 1. The second kappa shape index (κ2) is 4.97. The van der Waals surface area contributed by atoms with Crippen LogP contribution in [0.4, 0.5) is 0 Å². The number of esters is 1. The van der Waals surface area contributed by atoms with Crippen molar-refractivity contribution in [1.82, 2.24) is 9.55 Å². The first-order chi connectivity index (χ1) is 8.95. The monoisotopic (exact) mass is 278 g/mol. The number of H-pyrrole nitrogens is 1. The lowest BCUT2D eigenvalue weighted by molar-refractivity contribution is 0.0601. The van der Waals surface area contributed by atoms with Crippen LogP contribution in [0.3, 0.4) is 0 Å². The normalized spacial score (nSPS) is 10.9. The minimum atomic E-state index is -0.450. The fraction of sp³-hybridized carbons (Fsp3) is 0.308. The molecule has 0 radical (unpaired) electrons. The van der Waals surface area contributed by atoms with Crippen molar-refractivity contribution in [2.75, 3.05) is 7.11 Å². The van der Waals surface area contributed by atoms with Crippen molar-refractivity contribution in [2.45, 2.75) is 19.9 Å². The summed E-state index contributed by atoms with van der Waals surface area (Å²) < 4.78 is 6.50. The average Bonchev–Trinajstić information content (AvgIpc) is 2.36. The molecule has 0 atom stereocenters. The first kappa shape index (κ1) is 13.5. The minimum absolute atomic E-state index is 0.0269. The predicted molar refractivity (Wildman–Crippen MR) is 75.1 cm³/mol. The van der Waals surface area contributed by atoms with Gasteiger partial charge in [0.05, 0.1) is 23.6 Å². The molecule has 0 aliphatic rings. The summed E-state index contributed by atoms with van der Waals surface area (Å²) in [5.41, 5.74) is 0.752. The Bertz CT molecular complexity index is 759. The molecule has 5 nitrogen and oxygen atoms in total. The number of hydrogen-bond donors (Lipinski definition) is 1. The van der Waals surface area contributed by atoms with Gasteiger partial charge in [-0.15, -0.1) is 0 Å². The number of benzene rings is 1. The van der Waals surface area contributed by atoms with Crippen molar-refractivity contribution in [3.63, 3.8) is 0 Å². The van der Waals surface area contributed by atoms with Crippen LogP contribution < -0.4 is 5.56 Å². The Morgan fingerprint density at radius 2 is 2.11 bits per heavy atom. The number of carbonyl (C=O) groups is 1. The molecule has 0 saturated carbocycles. The summed E-state index contributed by atoms with van der Waals surface area (Å²) in [5.74, 6) is -0.450. The summed E-state index contributed by atoms with van der Waals surface area (Å²) in [7, 11) is 1.31. The van der Waals surface area contributed by atoms with Gasteiger partial charge < -0.3 is 9.72 Å². The number of rotatable bonds is 2. The quantitative estimate of drug-likeness (QED) is 0.677. The van der Waals surface area contributed by atoms with E-state index >= 15 is 0 Å². The van der Waals surface area contributed by atoms with E-state index in [2.05, 4.69) is 9.72 Å². The molecular formula is C13H14N2O3S. The van der Waals surface area contributed by atoms with Gasteiger partial charge in [-0.3, -0.25) is 9.36 Å². The van der Waals surface area contributed by atoms with Gasteiger partial charge in [-0.25, -0.2) is 4.79 Å². The number of fused-ring (bicyclic) bond motifs is 1. The van der Waals surface area contributed by atoms with Crippen molar-refractivity contribution < 1.29 is 9.53 Å². The molecule has 1 N–H and O–H groups in total. The number of nitrogens with zero attached hydrogens (tertiary/aromatic N) is 1. The molecule has 0 amide bonds. The van der Waals surface area contributed by atoms with E-state index in [4.69, 9.17) is 12.2 Å². The molecule has 0 fully saturated rings. The molecule has 0 unspecified atom stereocenters. The first-order valence-electron chi connectivity index (χ1n) is 5.82. The van der Waals surface area contributed by atoms with Crippen LogP contribution in [0.25, 0.3) is 10.9 Å². The Morgan fingerprint density at radius 1 is 1.42 bits per heavy atom. The van der Waals surface area contributed by atoms with Crippen LogP contribution in [0.2, 0.25) is 0 Å². The number of hydrogen-bond acceptors (Lipinski definition) is 4. The molecule has 1 heterocycles. The number of ether oxygens (including phenoxy) is 1. The molecular weight excluding hydrogens is 264 g/mol. The standard InChI is InChI=1S/C13H14N2O3S/c1-7(2)15-11(16)9-5-4-8(12(17)18-3)6-10(9)14-13(15)19/h4-7H,1-3H3,(H,14,19). The molecule has 100 valence electrons. The van der Waals surface area contributed by atoms with Gasteiger partial charge in [0, 0.05) is 6.04 Å². The number of methoxy groups -OCH3 is 1. The Kier molecular flexibility index (Phi) is 3.53. The minimum Gasteiger partial charge on any atom is -0.465 e. The van der Waals surface area contributed by atoms with E-state index in [1.54, 1.807) is 18.2 Å². The largest absolute Gasteiger partial charge is 0.465 e. The van der Waals surface area contributed by atoms with Gasteiger partial charge in [-0.2, -0.15) is 0 Å². The highest BCUT2D eigenvalue weighted by molar-refractivity contribution is 7.71. The SMILES string of the molecule is COC(=O)c1ccc2c(=O)n(C(C)C)c(=S)[nH]c2c1. The lowest BCUT2D eigenvalue weighted by atomic mass is 10.1. The highest BCUT2D eigenvalue weighted by Gasteiger charge is 2.11. The van der Waals surface area contributed by atoms with E-state index in [0.29, 0.717) is 21.2 Å². The summed E-state index contributed by atoms with van der Waals surface area (Å²) in [6.45, 7) is 3.78. The maximum absolute atomic E-state index is 12.3. The van der Waals surface area contributed by atoms with Crippen LogP contribution in [0, 0.1) is 4.77 Å². The van der Waals surface area contributed by atoms with E-state index in [-0.39, 0.29) is 11.6 Å². The van der Waals surface area contributed by atoms with Crippen LogP contribution in [0.5, 0.6) is 0 Å². The van der Waals surface area contributed by atoms with Gasteiger partial charge in [0.1, 0.15) is 0 Å². The Hall–Kier alpha value is -1.95. The maximum Gasteiger partial charge on any atom is 0.337 e. The molecule has 19 heavy (non-hydrogen) atoms. The van der Waals surface area contributed by atoms with Crippen LogP contribution in [-0.4, -0.2) is 22.6 Å². The Balaban J connectivity index is 2.78. The molecule has 0 saturated heterocycles. The first-order valence-corrected chi connectivity index (χ1v) is 6.23. The topological polar surface area (TPSA) is 64.1 Å². The van der Waals surface area contributed by atoms with Crippen molar-refractivity contribution in [2.24, 2.45) is 0 Å². The third kappa shape index (κ3) is 2.31. The van der Waals surface area contributed by atoms with E-state index < -0.39 is 5.97 Å². The molecule has 2 aromatic rings. The maximum atomic E-state index is 12.3. The molecule has 1 aromatic carbocycles. The van der Waals surface area contributed by atoms with Crippen LogP contribution >= 0.6 is 12.2 Å². The molecule has 0 bridgehead atoms. The third-order valence-electron chi connectivity index (χ3n) is 2.87. The van der Waals surface area contributed by atoms with E-state index in [1.807, 2.05) is 13.8 Å². The van der Waals surface area contributed by atoms with Crippen molar-refractivity contribution >= 4 is 29.1 Å². The summed E-state index contributed by atoms with van der Waals surface area (Å²) in [4.78, 5) is 26.7. The lowest BCUT2D eigenvalue weighted by Gasteiger charge is -2.11. The van der Waals surface area contributed by atoms with Gasteiger partial charge in [-0.1, -0.05) is 0 Å². The zero-order valence-corrected chi connectivity index (χ0v) is 11.7. The second-order valence-corrected chi connectivity index (χ2v) is 4.84. The van der Waals surface area contributed by atoms with Gasteiger partial charge in [0.2, 0.25) is 0 Å². The van der Waals surface area contributed by atoms with Gasteiger partial charge in [-0.05, 0) is 44.3 Å². The molecule has 0 aliphatic carbocycles. The zero-order valence-electron chi connectivity index (χ0n) is 10.9. The lowest BCUT2D eigenvalue weighted by Crippen LogP contribution is -2.24. The van der Waals surface area contributed by atoms with Crippen LogP contribution in [-0.2, 0) is 4.74 Å². The van der Waals surface area contributed by atoms with Crippen LogP contribution in [0.1, 0.15) is 30.2 Å². The number of aromatic nitrogens is 2. The van der Waals surface area contributed by atoms with Gasteiger partial charge in [0.15, 0.2) is 4.77 Å². The molecule has 0 spiro atoms. The number of carbonyl (C=O) groups excluding carboxylic acids is 1. The molecule has 1 aromatic heterocycles. The summed E-state index contributed by atoms with van der Waals surface area (Å²) >= 11 is 5.17. The second-order valence-electron chi connectivity index (χ2n) is 4.45.